The van der Waals surface area contributed by atoms with Crippen LogP contribution in [0.1, 0.15) is 29.2 Å². The molecule has 0 aliphatic carbocycles. The van der Waals surface area contributed by atoms with E-state index in [1.54, 1.807) is 6.08 Å². The van der Waals surface area contributed by atoms with Crippen LogP contribution in [-0.2, 0) is 38.3 Å². The number of anilines is 2. The first-order valence-corrected chi connectivity index (χ1v) is 11.7. The van der Waals surface area contributed by atoms with Crippen molar-refractivity contribution in [3.63, 3.8) is 0 Å². The highest BCUT2D eigenvalue weighted by Gasteiger charge is 2.15. The Hall–Kier alpha value is -4.06. The minimum absolute atomic E-state index is 0.230. The molecular formula is C29H32N2O4. The van der Waals surface area contributed by atoms with Crippen molar-refractivity contribution in [1.29, 1.82) is 0 Å². The van der Waals surface area contributed by atoms with Gasteiger partial charge in [-0.2, -0.15) is 0 Å². The average Bonchev–Trinajstić information content (AvgIpc) is 2.85. The lowest BCUT2D eigenvalue weighted by atomic mass is 9.99. The van der Waals surface area contributed by atoms with Crippen LogP contribution >= 0.6 is 0 Å². The highest BCUT2D eigenvalue weighted by molar-refractivity contribution is 5.87. The number of esters is 2. The molecule has 4 N–H and O–H groups in total. The molecule has 182 valence electrons. The maximum Gasteiger partial charge on any atom is 0.330 e. The van der Waals surface area contributed by atoms with Crippen molar-refractivity contribution in [2.45, 2.75) is 26.2 Å². The minimum Gasteiger partial charge on any atom is -0.465 e. The maximum atomic E-state index is 12.4. The lowest BCUT2D eigenvalue weighted by Gasteiger charge is -2.12. The molecule has 0 saturated heterocycles. The fourth-order valence-electron chi connectivity index (χ4n) is 3.52. The SMILES string of the molecule is CC(Cc1cccc(/C=C/C(=O)OCCc2ccc(N)cc2)c1)C(=O)OCCc1ccc(N)cc1. The topological polar surface area (TPSA) is 105 Å². The van der Waals surface area contributed by atoms with Gasteiger partial charge in [-0.3, -0.25) is 4.79 Å². The zero-order valence-corrected chi connectivity index (χ0v) is 20.0. The average molecular weight is 473 g/mol. The summed E-state index contributed by atoms with van der Waals surface area (Å²) in [7, 11) is 0. The second-order valence-electron chi connectivity index (χ2n) is 8.50. The predicted molar refractivity (Wildman–Crippen MR) is 139 cm³/mol. The van der Waals surface area contributed by atoms with Crippen LogP contribution in [0.3, 0.4) is 0 Å². The van der Waals surface area contributed by atoms with Crippen molar-refractivity contribution in [3.05, 3.63) is 101 Å². The first-order valence-electron chi connectivity index (χ1n) is 11.7. The first-order chi connectivity index (χ1) is 16.9. The highest BCUT2D eigenvalue weighted by atomic mass is 16.5. The monoisotopic (exact) mass is 472 g/mol. The number of hydrogen-bond donors (Lipinski definition) is 2. The van der Waals surface area contributed by atoms with Gasteiger partial charge in [-0.1, -0.05) is 55.5 Å². The Morgan fingerprint density at radius 1 is 0.800 bits per heavy atom. The molecule has 6 heteroatoms. The van der Waals surface area contributed by atoms with E-state index >= 15 is 0 Å². The van der Waals surface area contributed by atoms with Crippen molar-refractivity contribution in [3.8, 4) is 0 Å². The smallest absolute Gasteiger partial charge is 0.330 e. The molecule has 6 nitrogen and oxygen atoms in total. The molecule has 0 fully saturated rings. The summed E-state index contributed by atoms with van der Waals surface area (Å²) >= 11 is 0. The molecule has 35 heavy (non-hydrogen) atoms. The van der Waals surface area contributed by atoms with Gasteiger partial charge in [0.05, 0.1) is 19.1 Å². The number of carbonyl (C=O) groups excluding carboxylic acids is 2. The quantitative estimate of drug-likeness (QED) is 0.240. The fraction of sp³-hybridized carbons (Fsp3) is 0.241. The van der Waals surface area contributed by atoms with Crippen molar-refractivity contribution in [2.24, 2.45) is 5.92 Å². The molecule has 3 aromatic rings. The van der Waals surface area contributed by atoms with Crippen LogP contribution in [0.25, 0.3) is 6.08 Å². The Morgan fingerprint density at radius 3 is 1.97 bits per heavy atom. The zero-order valence-electron chi connectivity index (χ0n) is 20.0. The molecule has 0 aliphatic rings. The van der Waals surface area contributed by atoms with Crippen LogP contribution in [0.4, 0.5) is 11.4 Å². The summed E-state index contributed by atoms with van der Waals surface area (Å²) in [5, 5.41) is 0. The van der Waals surface area contributed by atoms with Gasteiger partial charge < -0.3 is 20.9 Å². The summed E-state index contributed by atoms with van der Waals surface area (Å²) in [6.07, 6.45) is 4.95. The molecule has 0 heterocycles. The van der Waals surface area contributed by atoms with Gasteiger partial charge in [0.25, 0.3) is 0 Å². The maximum absolute atomic E-state index is 12.4. The normalized spacial score (nSPS) is 11.8. The summed E-state index contributed by atoms with van der Waals surface area (Å²) in [6, 6.07) is 22.7. The minimum atomic E-state index is -0.399. The van der Waals surface area contributed by atoms with E-state index in [0.29, 0.717) is 43.9 Å². The van der Waals surface area contributed by atoms with E-state index < -0.39 is 5.97 Å². The molecule has 0 spiro atoms. The highest BCUT2D eigenvalue weighted by Crippen LogP contribution is 2.14. The van der Waals surface area contributed by atoms with Crippen LogP contribution in [0, 0.1) is 5.92 Å². The Morgan fingerprint density at radius 2 is 1.37 bits per heavy atom. The van der Waals surface area contributed by atoms with E-state index in [9.17, 15) is 9.59 Å². The van der Waals surface area contributed by atoms with Gasteiger partial charge in [-0.25, -0.2) is 4.79 Å². The van der Waals surface area contributed by atoms with E-state index in [0.717, 1.165) is 22.3 Å². The van der Waals surface area contributed by atoms with Crippen molar-refractivity contribution < 1.29 is 19.1 Å². The van der Waals surface area contributed by atoms with E-state index in [4.69, 9.17) is 20.9 Å². The standard InChI is InChI=1S/C29H32N2O4/c1-21(29(33)35-18-16-23-7-12-27(31)13-8-23)19-25-4-2-3-24(20-25)9-14-28(32)34-17-15-22-5-10-26(30)11-6-22/h2-14,20-21H,15-19,30-31H2,1H3/b14-9+. The number of carbonyl (C=O) groups is 2. The summed E-state index contributed by atoms with van der Waals surface area (Å²) in [5.41, 5.74) is 16.8. The van der Waals surface area contributed by atoms with Crippen molar-refractivity contribution >= 4 is 29.4 Å². The van der Waals surface area contributed by atoms with Gasteiger partial charge in [0.15, 0.2) is 0 Å². The summed E-state index contributed by atoms with van der Waals surface area (Å²) in [5.74, 6) is -0.908. The molecule has 0 aromatic heterocycles. The molecule has 0 aliphatic heterocycles. The first kappa shape index (κ1) is 25.6. The molecule has 3 rings (SSSR count). The lowest BCUT2D eigenvalue weighted by Crippen LogP contribution is -2.18. The van der Waals surface area contributed by atoms with Crippen molar-refractivity contribution in [1.82, 2.24) is 0 Å². The molecule has 0 saturated carbocycles. The number of benzene rings is 3. The largest absolute Gasteiger partial charge is 0.465 e. The third-order valence-electron chi connectivity index (χ3n) is 5.54. The second-order valence-corrected chi connectivity index (χ2v) is 8.50. The van der Waals surface area contributed by atoms with Crippen LogP contribution in [0.2, 0.25) is 0 Å². The number of hydrogen-bond acceptors (Lipinski definition) is 6. The molecule has 1 atom stereocenters. The number of nitrogen functional groups attached to an aromatic ring is 2. The number of nitrogens with two attached hydrogens (primary N) is 2. The van der Waals surface area contributed by atoms with E-state index in [2.05, 4.69) is 0 Å². The van der Waals surface area contributed by atoms with Gasteiger partial charge in [-0.15, -0.1) is 0 Å². The van der Waals surface area contributed by atoms with Gasteiger partial charge in [-0.05, 0) is 59.0 Å². The second kappa shape index (κ2) is 13.0. The van der Waals surface area contributed by atoms with E-state index in [1.165, 1.54) is 6.08 Å². The van der Waals surface area contributed by atoms with Crippen LogP contribution < -0.4 is 11.5 Å². The van der Waals surface area contributed by atoms with E-state index in [1.807, 2.05) is 79.7 Å². The molecule has 0 radical (unpaired) electrons. The third kappa shape index (κ3) is 9.01. The molecule has 3 aromatic carbocycles. The third-order valence-corrected chi connectivity index (χ3v) is 5.54. The molecule has 0 amide bonds. The summed E-state index contributed by atoms with van der Waals surface area (Å²) in [4.78, 5) is 24.4. The Labute approximate surface area is 206 Å². The van der Waals surface area contributed by atoms with Gasteiger partial charge in [0.2, 0.25) is 0 Å². The van der Waals surface area contributed by atoms with Crippen LogP contribution in [0.15, 0.2) is 78.9 Å². The fourth-order valence-corrected chi connectivity index (χ4v) is 3.52. The van der Waals surface area contributed by atoms with Crippen LogP contribution in [-0.4, -0.2) is 25.2 Å². The van der Waals surface area contributed by atoms with Gasteiger partial charge in [0, 0.05) is 30.3 Å². The Bertz CT molecular complexity index is 1140. The van der Waals surface area contributed by atoms with Crippen LogP contribution in [0.5, 0.6) is 0 Å². The summed E-state index contributed by atoms with van der Waals surface area (Å²) < 4.78 is 10.7. The van der Waals surface area contributed by atoms with E-state index in [-0.39, 0.29) is 11.9 Å². The van der Waals surface area contributed by atoms with Crippen molar-refractivity contribution in [2.75, 3.05) is 24.7 Å². The summed E-state index contributed by atoms with van der Waals surface area (Å²) in [6.45, 7) is 2.48. The Balaban J connectivity index is 1.41. The van der Waals surface area contributed by atoms with Gasteiger partial charge >= 0.3 is 11.9 Å². The zero-order chi connectivity index (χ0) is 25.0. The molecule has 0 bridgehead atoms. The number of ether oxygens (including phenoxy) is 2. The number of rotatable bonds is 11. The van der Waals surface area contributed by atoms with Gasteiger partial charge in [0.1, 0.15) is 0 Å². The lowest BCUT2D eigenvalue weighted by molar-refractivity contribution is -0.147. The predicted octanol–water partition coefficient (Wildman–Crippen LogP) is 4.61. The Kier molecular flexibility index (Phi) is 9.49. The molecular weight excluding hydrogens is 440 g/mol. The molecule has 1 unspecified atom stereocenters.